The molecule has 0 fully saturated rings. The maximum absolute atomic E-state index is 11.3. The van der Waals surface area contributed by atoms with Crippen molar-refractivity contribution >= 4 is 11.6 Å². The molecule has 0 aromatic rings. The molecule has 0 aliphatic heterocycles. The van der Waals surface area contributed by atoms with Gasteiger partial charge in [0.1, 0.15) is 11.6 Å². The molecule has 0 unspecified atom stereocenters. The summed E-state index contributed by atoms with van der Waals surface area (Å²) in [5, 5.41) is 0. The monoisotopic (exact) mass is 313 g/mol. The molecule has 0 saturated carbocycles. The van der Waals surface area contributed by atoms with E-state index in [-0.39, 0.29) is 10.8 Å². The Morgan fingerprint density at radius 1 is 0.773 bits per heavy atom. The summed E-state index contributed by atoms with van der Waals surface area (Å²) in [5.41, 5.74) is 0.315. The van der Waals surface area contributed by atoms with Crippen LogP contribution in [0.2, 0.25) is 0 Å². The van der Waals surface area contributed by atoms with Crippen LogP contribution < -0.4 is 0 Å². The van der Waals surface area contributed by atoms with Crippen LogP contribution in [0.15, 0.2) is 0 Å². The van der Waals surface area contributed by atoms with Crippen molar-refractivity contribution in [3.8, 4) is 0 Å². The average molecular weight is 314 g/mol. The Balaban J connectivity index is 0. The van der Waals surface area contributed by atoms with Crippen molar-refractivity contribution in [1.82, 2.24) is 4.90 Å². The van der Waals surface area contributed by atoms with Gasteiger partial charge in [0.25, 0.3) is 0 Å². The first-order valence-electron chi connectivity index (χ1n) is 8.45. The van der Waals surface area contributed by atoms with Gasteiger partial charge < -0.3 is 4.90 Å². The van der Waals surface area contributed by atoms with Gasteiger partial charge in [-0.3, -0.25) is 9.59 Å². The number of hydrogen-bond donors (Lipinski definition) is 0. The van der Waals surface area contributed by atoms with E-state index in [1.165, 1.54) is 0 Å². The second-order valence-corrected chi connectivity index (χ2v) is 8.86. The van der Waals surface area contributed by atoms with Gasteiger partial charge >= 0.3 is 0 Å². The summed E-state index contributed by atoms with van der Waals surface area (Å²) in [4.78, 5) is 24.4. The zero-order valence-corrected chi connectivity index (χ0v) is 16.5. The molecule has 0 aliphatic carbocycles. The Morgan fingerprint density at radius 2 is 1.14 bits per heavy atom. The molecule has 0 N–H and O–H groups in total. The van der Waals surface area contributed by atoms with Crippen LogP contribution in [0.25, 0.3) is 0 Å². The summed E-state index contributed by atoms with van der Waals surface area (Å²) in [6, 6.07) is 0. The van der Waals surface area contributed by atoms with E-state index < -0.39 is 0 Å². The summed E-state index contributed by atoms with van der Waals surface area (Å²) < 4.78 is 0. The van der Waals surface area contributed by atoms with Crippen molar-refractivity contribution in [3.05, 3.63) is 0 Å². The van der Waals surface area contributed by atoms with E-state index in [0.29, 0.717) is 24.4 Å². The molecule has 0 atom stereocenters. The van der Waals surface area contributed by atoms with Crippen LogP contribution in [-0.4, -0.2) is 37.1 Å². The fourth-order valence-corrected chi connectivity index (χ4v) is 1.99. The molecule has 0 radical (unpaired) electrons. The lowest BCUT2D eigenvalue weighted by molar-refractivity contribution is -0.121. The number of carbonyl (C=O) groups is 2. The van der Waals surface area contributed by atoms with Crippen LogP contribution in [0.1, 0.15) is 80.6 Å². The van der Waals surface area contributed by atoms with Crippen LogP contribution in [0, 0.1) is 10.8 Å². The van der Waals surface area contributed by atoms with E-state index in [9.17, 15) is 9.59 Å². The predicted molar refractivity (Wildman–Crippen MR) is 96.2 cm³/mol. The van der Waals surface area contributed by atoms with Gasteiger partial charge in [-0.25, -0.2) is 0 Å². The molecule has 0 spiro atoms. The van der Waals surface area contributed by atoms with Gasteiger partial charge in [-0.15, -0.1) is 0 Å². The highest BCUT2D eigenvalue weighted by Crippen LogP contribution is 2.20. The molecule has 22 heavy (non-hydrogen) atoms. The molecule has 0 aliphatic rings. The molecule has 3 heteroatoms. The maximum atomic E-state index is 11.3. The van der Waals surface area contributed by atoms with Crippen LogP contribution >= 0.6 is 0 Å². The topological polar surface area (TPSA) is 37.4 Å². The largest absolute Gasteiger partial charge is 0.309 e. The lowest BCUT2D eigenvalue weighted by Gasteiger charge is -2.17. The molecule has 0 bridgehead atoms. The lowest BCUT2D eigenvalue weighted by Crippen LogP contribution is -2.19. The highest BCUT2D eigenvalue weighted by atomic mass is 16.1. The maximum Gasteiger partial charge on any atom is 0.134 e. The van der Waals surface area contributed by atoms with Crippen molar-refractivity contribution in [2.45, 2.75) is 80.6 Å². The first-order valence-corrected chi connectivity index (χ1v) is 8.45. The smallest absolute Gasteiger partial charge is 0.134 e. The second kappa shape index (κ2) is 10.9. The number of rotatable bonds is 7. The lowest BCUT2D eigenvalue weighted by atomic mass is 9.89. The van der Waals surface area contributed by atoms with Crippen molar-refractivity contribution in [3.63, 3.8) is 0 Å². The number of Topliss-reactive ketones (excluding diaryl/α,β-unsaturated/α-hetero) is 2. The Morgan fingerprint density at radius 3 is 1.41 bits per heavy atom. The summed E-state index contributed by atoms with van der Waals surface area (Å²) in [6.07, 6.45) is 3.83. The number of hydrogen-bond acceptors (Lipinski definition) is 3. The highest BCUT2D eigenvalue weighted by molar-refractivity contribution is 5.79. The van der Waals surface area contributed by atoms with Gasteiger partial charge in [-0.1, -0.05) is 48.5 Å². The Hall–Kier alpha value is -0.700. The Kier molecular flexibility index (Phi) is 11.7. The zero-order chi connectivity index (χ0) is 18.0. The van der Waals surface area contributed by atoms with Crippen molar-refractivity contribution in [2.24, 2.45) is 10.8 Å². The molecular formula is C19H39NO2. The molecule has 0 aromatic carbocycles. The van der Waals surface area contributed by atoms with Crippen molar-refractivity contribution < 1.29 is 9.59 Å². The molecule has 0 saturated heterocycles. The van der Waals surface area contributed by atoms with Crippen LogP contribution in [0.3, 0.4) is 0 Å². The van der Waals surface area contributed by atoms with Gasteiger partial charge in [0.05, 0.1) is 0 Å². The summed E-state index contributed by atoms with van der Waals surface area (Å²) in [6.45, 7) is 15.5. The van der Waals surface area contributed by atoms with E-state index in [2.05, 4.69) is 41.5 Å². The molecule has 0 rings (SSSR count). The van der Waals surface area contributed by atoms with Gasteiger partial charge in [0.15, 0.2) is 0 Å². The third-order valence-electron chi connectivity index (χ3n) is 2.82. The van der Waals surface area contributed by atoms with E-state index >= 15 is 0 Å². The van der Waals surface area contributed by atoms with Crippen LogP contribution in [0.4, 0.5) is 0 Å². The third kappa shape index (κ3) is 21.6. The van der Waals surface area contributed by atoms with E-state index in [4.69, 9.17) is 0 Å². The standard InChI is InChI=1S/C10H21NO.C9H18O/c1-10(2,3)8-9(12)6-7-11(4)5;1-5-6-8(10)7-9(2,3)4/h6-8H2,1-5H3;5-7H2,1-4H3. The second-order valence-electron chi connectivity index (χ2n) is 8.86. The fourth-order valence-electron chi connectivity index (χ4n) is 1.99. The molecule has 0 amide bonds. The average Bonchev–Trinajstić information content (AvgIpc) is 2.22. The summed E-state index contributed by atoms with van der Waals surface area (Å²) in [7, 11) is 3.98. The van der Waals surface area contributed by atoms with Gasteiger partial charge in [0.2, 0.25) is 0 Å². The minimum atomic E-state index is 0.142. The van der Waals surface area contributed by atoms with Crippen molar-refractivity contribution in [1.29, 1.82) is 0 Å². The predicted octanol–water partition coefficient (Wildman–Crippen LogP) is 4.74. The van der Waals surface area contributed by atoms with Gasteiger partial charge in [-0.05, 0) is 31.3 Å². The zero-order valence-electron chi connectivity index (χ0n) is 16.5. The Bertz CT molecular complexity index is 319. The number of nitrogens with zero attached hydrogens (tertiary/aromatic N) is 1. The van der Waals surface area contributed by atoms with Gasteiger partial charge in [0, 0.05) is 32.2 Å². The highest BCUT2D eigenvalue weighted by Gasteiger charge is 2.15. The molecule has 0 heterocycles. The minimum Gasteiger partial charge on any atom is -0.309 e. The molecule has 3 nitrogen and oxygen atoms in total. The van der Waals surface area contributed by atoms with E-state index in [1.807, 2.05) is 25.9 Å². The third-order valence-corrected chi connectivity index (χ3v) is 2.82. The SMILES string of the molecule is CCCC(=O)CC(C)(C)C.CN(C)CCC(=O)CC(C)(C)C. The first kappa shape index (κ1) is 23.6. The van der Waals surface area contributed by atoms with Crippen LogP contribution in [0.5, 0.6) is 0 Å². The quantitative estimate of drug-likeness (QED) is 0.681. The van der Waals surface area contributed by atoms with Crippen LogP contribution in [-0.2, 0) is 9.59 Å². The normalized spacial score (nSPS) is 11.9. The van der Waals surface area contributed by atoms with E-state index in [1.54, 1.807) is 0 Å². The summed E-state index contributed by atoms with van der Waals surface area (Å²) in [5.74, 6) is 0.770. The summed E-state index contributed by atoms with van der Waals surface area (Å²) >= 11 is 0. The molecule has 0 aromatic heterocycles. The van der Waals surface area contributed by atoms with Crippen molar-refractivity contribution in [2.75, 3.05) is 20.6 Å². The first-order chi connectivity index (χ1) is 9.76. The Labute approximate surface area is 138 Å². The molecule has 132 valence electrons. The number of carbonyl (C=O) groups excluding carboxylic acids is 2. The number of ketones is 2. The minimum absolute atomic E-state index is 0.142. The van der Waals surface area contributed by atoms with E-state index in [0.717, 1.165) is 25.8 Å². The van der Waals surface area contributed by atoms with Gasteiger partial charge in [-0.2, -0.15) is 0 Å². The fraction of sp³-hybridized carbons (Fsp3) is 0.895. The molecular weight excluding hydrogens is 274 g/mol.